The van der Waals surface area contributed by atoms with Crippen molar-refractivity contribution in [2.24, 2.45) is 0 Å². The first-order chi connectivity index (χ1) is 13.8. The Labute approximate surface area is 168 Å². The first-order valence-corrected chi connectivity index (χ1v) is 9.63. The van der Waals surface area contributed by atoms with Crippen LogP contribution in [0, 0.1) is 5.82 Å². The highest BCUT2D eigenvalue weighted by atomic mass is 19.1. The molecule has 0 spiro atoms. The van der Waals surface area contributed by atoms with Gasteiger partial charge in [0.15, 0.2) is 0 Å². The van der Waals surface area contributed by atoms with Crippen molar-refractivity contribution in [3.63, 3.8) is 0 Å². The molecule has 3 aromatic rings. The first-order valence-electron chi connectivity index (χ1n) is 9.63. The van der Waals surface area contributed by atoms with E-state index in [0.717, 1.165) is 16.8 Å². The van der Waals surface area contributed by atoms with Crippen LogP contribution in [0.3, 0.4) is 0 Å². The number of aromatic amines is 1. The molecule has 1 N–H and O–H groups in total. The van der Waals surface area contributed by atoms with Gasteiger partial charge in [-0.15, -0.1) is 0 Å². The van der Waals surface area contributed by atoms with Gasteiger partial charge in [-0.3, -0.25) is 0 Å². The minimum atomic E-state index is -0.521. The fourth-order valence-electron chi connectivity index (χ4n) is 3.51. The van der Waals surface area contributed by atoms with Gasteiger partial charge in [0.2, 0.25) is 0 Å². The zero-order valence-electron chi connectivity index (χ0n) is 16.8. The third-order valence-corrected chi connectivity index (χ3v) is 4.84. The molecular weight excluding hydrogens is 373 g/mol. The summed E-state index contributed by atoms with van der Waals surface area (Å²) in [5.41, 5.74) is 1.36. The SMILES string of the molecule is CC(C)(C)OC(=O)N1CCN(c2ncnc3[nH]cc(-c4ccccc4F)c23)CC1. The molecule has 0 aliphatic carbocycles. The Morgan fingerprint density at radius 3 is 2.52 bits per heavy atom. The van der Waals surface area contributed by atoms with Crippen molar-refractivity contribution in [2.45, 2.75) is 26.4 Å². The lowest BCUT2D eigenvalue weighted by atomic mass is 10.1. The number of halogens is 1. The molecule has 29 heavy (non-hydrogen) atoms. The van der Waals surface area contributed by atoms with E-state index >= 15 is 0 Å². The lowest BCUT2D eigenvalue weighted by Crippen LogP contribution is -2.50. The number of amides is 1. The van der Waals surface area contributed by atoms with Crippen LogP contribution in [0.5, 0.6) is 0 Å². The van der Waals surface area contributed by atoms with E-state index < -0.39 is 5.60 Å². The second-order valence-corrected chi connectivity index (χ2v) is 8.06. The molecule has 2 aromatic heterocycles. The predicted molar refractivity (Wildman–Crippen MR) is 109 cm³/mol. The third-order valence-electron chi connectivity index (χ3n) is 4.84. The number of hydrogen-bond donors (Lipinski definition) is 1. The van der Waals surface area contributed by atoms with Crippen molar-refractivity contribution >= 4 is 22.9 Å². The number of nitrogens with zero attached hydrogens (tertiary/aromatic N) is 4. The monoisotopic (exact) mass is 397 g/mol. The Bertz CT molecular complexity index is 1030. The van der Waals surface area contributed by atoms with E-state index in [0.29, 0.717) is 37.4 Å². The molecule has 4 rings (SSSR count). The molecule has 1 aromatic carbocycles. The molecule has 3 heterocycles. The number of carbonyl (C=O) groups is 1. The fourth-order valence-corrected chi connectivity index (χ4v) is 3.51. The second kappa shape index (κ2) is 7.35. The lowest BCUT2D eigenvalue weighted by Gasteiger charge is -2.36. The summed E-state index contributed by atoms with van der Waals surface area (Å²) >= 11 is 0. The standard InChI is InChI=1S/C21H24FN5O2/c1-21(2,3)29-20(28)27-10-8-26(9-11-27)19-17-15(12-23-18(17)24-13-25-19)14-6-4-5-7-16(14)22/h4-7,12-13H,8-11H2,1-3H3,(H,23,24,25). The Morgan fingerprint density at radius 1 is 1.10 bits per heavy atom. The number of H-pyrrole nitrogens is 1. The van der Waals surface area contributed by atoms with Crippen molar-refractivity contribution in [3.05, 3.63) is 42.6 Å². The zero-order valence-corrected chi connectivity index (χ0v) is 16.8. The third kappa shape index (κ3) is 3.87. The normalized spacial score (nSPS) is 15.0. The van der Waals surface area contributed by atoms with E-state index in [1.807, 2.05) is 20.8 Å². The maximum absolute atomic E-state index is 14.4. The molecule has 0 unspecified atom stereocenters. The van der Waals surface area contributed by atoms with Gasteiger partial charge in [-0.2, -0.15) is 0 Å². The Balaban J connectivity index is 1.61. The van der Waals surface area contributed by atoms with Crippen molar-refractivity contribution in [1.29, 1.82) is 0 Å². The summed E-state index contributed by atoms with van der Waals surface area (Å²) < 4.78 is 19.9. The number of piperazine rings is 1. The quantitative estimate of drug-likeness (QED) is 0.712. The summed E-state index contributed by atoms with van der Waals surface area (Å²) in [5.74, 6) is 0.441. The summed E-state index contributed by atoms with van der Waals surface area (Å²) in [4.78, 5) is 28.0. The Kier molecular flexibility index (Phi) is 4.86. The highest BCUT2D eigenvalue weighted by Gasteiger charge is 2.28. The first kappa shape index (κ1) is 19.2. The van der Waals surface area contributed by atoms with Gasteiger partial charge >= 0.3 is 6.09 Å². The number of hydrogen-bond acceptors (Lipinski definition) is 5. The molecule has 0 radical (unpaired) electrons. The highest BCUT2D eigenvalue weighted by molar-refractivity contribution is 6.01. The maximum atomic E-state index is 14.4. The van der Waals surface area contributed by atoms with E-state index in [-0.39, 0.29) is 11.9 Å². The van der Waals surface area contributed by atoms with Crippen molar-refractivity contribution < 1.29 is 13.9 Å². The van der Waals surface area contributed by atoms with Crippen LogP contribution in [0.4, 0.5) is 15.0 Å². The topological polar surface area (TPSA) is 74.3 Å². The van der Waals surface area contributed by atoms with Gasteiger partial charge in [-0.1, -0.05) is 18.2 Å². The smallest absolute Gasteiger partial charge is 0.410 e. The number of rotatable bonds is 2. The number of carbonyl (C=O) groups excluding carboxylic acids is 1. The summed E-state index contributed by atoms with van der Waals surface area (Å²) in [7, 11) is 0. The van der Waals surface area contributed by atoms with E-state index in [4.69, 9.17) is 4.74 Å². The average molecular weight is 397 g/mol. The number of ether oxygens (including phenoxy) is 1. The van der Waals surface area contributed by atoms with Crippen molar-refractivity contribution in [2.75, 3.05) is 31.1 Å². The number of fused-ring (bicyclic) bond motifs is 1. The largest absolute Gasteiger partial charge is 0.444 e. The Hall–Kier alpha value is -3.16. The van der Waals surface area contributed by atoms with E-state index in [9.17, 15) is 9.18 Å². The van der Waals surface area contributed by atoms with Crippen LogP contribution < -0.4 is 4.90 Å². The molecule has 7 nitrogen and oxygen atoms in total. The van der Waals surface area contributed by atoms with Crippen LogP contribution in [0.25, 0.3) is 22.2 Å². The summed E-state index contributed by atoms with van der Waals surface area (Å²) in [5, 5.41) is 0.781. The maximum Gasteiger partial charge on any atom is 0.410 e. The van der Waals surface area contributed by atoms with Gasteiger partial charge in [0.1, 0.15) is 29.2 Å². The van der Waals surface area contributed by atoms with Gasteiger partial charge in [-0.25, -0.2) is 19.2 Å². The van der Waals surface area contributed by atoms with Crippen LogP contribution in [0.1, 0.15) is 20.8 Å². The molecular formula is C21H24FN5O2. The number of nitrogens with one attached hydrogen (secondary N) is 1. The van der Waals surface area contributed by atoms with Gasteiger partial charge in [0.05, 0.1) is 5.39 Å². The molecule has 1 aliphatic rings. The number of benzene rings is 1. The predicted octanol–water partition coefficient (Wildman–Crippen LogP) is 3.82. The summed E-state index contributed by atoms with van der Waals surface area (Å²) in [6.07, 6.45) is 2.95. The summed E-state index contributed by atoms with van der Waals surface area (Å²) in [6.45, 7) is 7.83. The Morgan fingerprint density at radius 2 is 1.83 bits per heavy atom. The molecule has 1 saturated heterocycles. The van der Waals surface area contributed by atoms with Gasteiger partial charge < -0.3 is 19.5 Å². The molecule has 0 saturated carbocycles. The van der Waals surface area contributed by atoms with Gasteiger partial charge in [-0.05, 0) is 26.8 Å². The van der Waals surface area contributed by atoms with Crippen molar-refractivity contribution in [1.82, 2.24) is 19.9 Å². The molecule has 8 heteroatoms. The molecule has 1 fully saturated rings. The molecule has 1 aliphatic heterocycles. The number of anilines is 1. The molecule has 1 amide bonds. The number of aromatic nitrogens is 3. The molecule has 0 atom stereocenters. The average Bonchev–Trinajstić information content (AvgIpc) is 3.11. The van der Waals surface area contributed by atoms with E-state index in [2.05, 4.69) is 19.9 Å². The zero-order chi connectivity index (χ0) is 20.6. The van der Waals surface area contributed by atoms with Gasteiger partial charge in [0, 0.05) is 43.5 Å². The van der Waals surface area contributed by atoms with E-state index in [1.165, 1.54) is 12.4 Å². The van der Waals surface area contributed by atoms with Crippen LogP contribution in [-0.2, 0) is 4.74 Å². The molecule has 152 valence electrons. The minimum Gasteiger partial charge on any atom is -0.444 e. The second-order valence-electron chi connectivity index (χ2n) is 8.06. The van der Waals surface area contributed by atoms with Crippen molar-refractivity contribution in [3.8, 4) is 11.1 Å². The van der Waals surface area contributed by atoms with Crippen LogP contribution in [-0.4, -0.2) is 57.7 Å². The van der Waals surface area contributed by atoms with Crippen LogP contribution in [0.2, 0.25) is 0 Å². The van der Waals surface area contributed by atoms with Crippen LogP contribution >= 0.6 is 0 Å². The van der Waals surface area contributed by atoms with Crippen LogP contribution in [0.15, 0.2) is 36.8 Å². The lowest BCUT2D eigenvalue weighted by molar-refractivity contribution is 0.0240. The summed E-state index contributed by atoms with van der Waals surface area (Å²) in [6, 6.07) is 6.66. The molecule has 0 bridgehead atoms. The minimum absolute atomic E-state index is 0.294. The highest BCUT2D eigenvalue weighted by Crippen LogP contribution is 2.35. The van der Waals surface area contributed by atoms with E-state index in [1.54, 1.807) is 29.3 Å². The fraction of sp³-hybridized carbons (Fsp3) is 0.381. The van der Waals surface area contributed by atoms with Gasteiger partial charge in [0.25, 0.3) is 0 Å².